The average molecular weight is 244 g/mol. The smallest absolute Gasteiger partial charge is 0.407 e. The van der Waals surface area contributed by atoms with E-state index in [1.54, 1.807) is 0 Å². The molecule has 0 heterocycles. The van der Waals surface area contributed by atoms with E-state index < -0.39 is 0 Å². The Labute approximate surface area is 105 Å². The fourth-order valence-electron chi connectivity index (χ4n) is 1.72. The molecular formula is C13H28N2O2. The number of nitrogens with one attached hydrogen (secondary N) is 2. The molecule has 4 nitrogen and oxygen atoms in total. The first kappa shape index (κ1) is 16.2. The van der Waals surface area contributed by atoms with Crippen molar-refractivity contribution < 1.29 is 9.53 Å². The molecule has 0 aromatic carbocycles. The van der Waals surface area contributed by atoms with Crippen LogP contribution in [0.4, 0.5) is 4.79 Å². The Kier molecular flexibility index (Phi) is 7.96. The number of alkyl carbamates (subject to hydrolysis) is 1. The van der Waals surface area contributed by atoms with Gasteiger partial charge in [0.05, 0.1) is 0 Å². The van der Waals surface area contributed by atoms with Crippen LogP contribution < -0.4 is 10.6 Å². The Balaban J connectivity index is 0.000000302. The van der Waals surface area contributed by atoms with E-state index in [2.05, 4.69) is 17.7 Å². The molecule has 1 rings (SSSR count). The first-order valence-corrected chi connectivity index (χ1v) is 6.47. The summed E-state index contributed by atoms with van der Waals surface area (Å²) in [5.74, 6) is 0. The number of rotatable bonds is 1. The van der Waals surface area contributed by atoms with Crippen molar-refractivity contribution >= 4 is 6.09 Å². The van der Waals surface area contributed by atoms with Crippen LogP contribution in [0.5, 0.6) is 0 Å². The second-order valence-corrected chi connectivity index (χ2v) is 5.38. The number of carbonyl (C=O) groups is 1. The Morgan fingerprint density at radius 2 is 1.65 bits per heavy atom. The molecule has 0 atom stereocenters. The highest BCUT2D eigenvalue weighted by Crippen LogP contribution is 2.16. The summed E-state index contributed by atoms with van der Waals surface area (Å²) in [4.78, 5) is 10.5. The normalized spacial score (nSPS) is 16.8. The minimum atomic E-state index is -0.389. The molecule has 0 unspecified atom stereocenters. The molecule has 4 heteroatoms. The number of ether oxygens (including phenoxy) is 1. The van der Waals surface area contributed by atoms with Crippen molar-refractivity contribution in [2.45, 2.75) is 64.5 Å². The van der Waals surface area contributed by atoms with E-state index in [4.69, 9.17) is 4.74 Å². The summed E-state index contributed by atoms with van der Waals surface area (Å²) >= 11 is 0. The van der Waals surface area contributed by atoms with E-state index in [1.807, 2.05) is 20.8 Å². The third-order valence-electron chi connectivity index (χ3n) is 2.62. The van der Waals surface area contributed by atoms with Crippen LogP contribution in [0.25, 0.3) is 0 Å². The highest BCUT2D eigenvalue weighted by atomic mass is 16.6. The second kappa shape index (κ2) is 8.34. The van der Waals surface area contributed by atoms with Crippen molar-refractivity contribution in [3.05, 3.63) is 0 Å². The van der Waals surface area contributed by atoms with Gasteiger partial charge in [-0.05, 0) is 40.7 Å². The largest absolute Gasteiger partial charge is 0.444 e. The van der Waals surface area contributed by atoms with Crippen LogP contribution in [0.3, 0.4) is 0 Å². The van der Waals surface area contributed by atoms with Crippen molar-refractivity contribution in [1.29, 1.82) is 0 Å². The van der Waals surface area contributed by atoms with Crippen molar-refractivity contribution in [2.75, 3.05) is 14.1 Å². The second-order valence-electron chi connectivity index (χ2n) is 5.38. The van der Waals surface area contributed by atoms with Gasteiger partial charge in [-0.2, -0.15) is 0 Å². The maximum atomic E-state index is 10.5. The van der Waals surface area contributed by atoms with Crippen LogP contribution in [0.15, 0.2) is 0 Å². The zero-order valence-corrected chi connectivity index (χ0v) is 11.9. The lowest BCUT2D eigenvalue weighted by molar-refractivity contribution is 0.0541. The van der Waals surface area contributed by atoms with Crippen molar-refractivity contribution in [3.63, 3.8) is 0 Å². The molecule has 0 saturated heterocycles. The molecular weight excluding hydrogens is 216 g/mol. The summed E-state index contributed by atoms with van der Waals surface area (Å²) in [5, 5.41) is 5.66. The SMILES string of the molecule is CNC(=O)OC(C)(C)C.CNC1CCCCC1. The Morgan fingerprint density at radius 3 is 1.88 bits per heavy atom. The number of amides is 1. The van der Waals surface area contributed by atoms with Crippen LogP contribution in [0, 0.1) is 0 Å². The molecule has 0 aromatic rings. The van der Waals surface area contributed by atoms with Crippen LogP contribution >= 0.6 is 0 Å². The Hall–Kier alpha value is -0.770. The predicted octanol–water partition coefficient (Wildman–Crippen LogP) is 2.68. The van der Waals surface area contributed by atoms with Crippen LogP contribution in [0.2, 0.25) is 0 Å². The average Bonchev–Trinajstić information content (AvgIpc) is 2.28. The van der Waals surface area contributed by atoms with Crippen LogP contribution in [-0.4, -0.2) is 31.8 Å². The standard InChI is InChI=1S/C7H15N.C6H13NO2/c1-8-7-5-3-2-4-6-7;1-6(2,3)9-5(8)7-4/h7-8H,2-6H2,1H3;1-4H3,(H,7,8). The summed E-state index contributed by atoms with van der Waals surface area (Å²) in [6, 6.07) is 0.837. The molecule has 2 N–H and O–H groups in total. The van der Waals surface area contributed by atoms with E-state index in [0.717, 1.165) is 6.04 Å². The highest BCUT2D eigenvalue weighted by Gasteiger charge is 2.14. The van der Waals surface area contributed by atoms with Gasteiger partial charge in [0, 0.05) is 13.1 Å². The molecule has 17 heavy (non-hydrogen) atoms. The Bertz CT molecular complexity index is 206. The van der Waals surface area contributed by atoms with Crippen LogP contribution in [0.1, 0.15) is 52.9 Å². The fraction of sp³-hybridized carbons (Fsp3) is 0.923. The summed E-state index contributed by atoms with van der Waals surface area (Å²) in [6.07, 6.45) is 6.74. The maximum Gasteiger partial charge on any atom is 0.407 e. The van der Waals surface area contributed by atoms with Gasteiger partial charge in [0.2, 0.25) is 0 Å². The minimum absolute atomic E-state index is 0.387. The van der Waals surface area contributed by atoms with Gasteiger partial charge in [-0.15, -0.1) is 0 Å². The molecule has 0 aliphatic heterocycles. The summed E-state index contributed by atoms with van der Waals surface area (Å²) in [6.45, 7) is 5.46. The molecule has 1 amide bonds. The third kappa shape index (κ3) is 10.1. The first-order valence-electron chi connectivity index (χ1n) is 6.47. The third-order valence-corrected chi connectivity index (χ3v) is 2.62. The van der Waals surface area contributed by atoms with Gasteiger partial charge in [0.25, 0.3) is 0 Å². The zero-order chi connectivity index (χ0) is 13.3. The van der Waals surface area contributed by atoms with E-state index >= 15 is 0 Å². The molecule has 0 bridgehead atoms. The van der Waals surface area contributed by atoms with E-state index in [-0.39, 0.29) is 11.7 Å². The number of hydrogen-bond donors (Lipinski definition) is 2. The highest BCUT2D eigenvalue weighted by molar-refractivity contribution is 5.67. The molecule has 1 fully saturated rings. The predicted molar refractivity (Wildman–Crippen MR) is 71.2 cm³/mol. The maximum absolute atomic E-state index is 10.5. The van der Waals surface area contributed by atoms with Crippen molar-refractivity contribution in [1.82, 2.24) is 10.6 Å². The number of hydrogen-bond acceptors (Lipinski definition) is 3. The lowest BCUT2D eigenvalue weighted by Crippen LogP contribution is -2.30. The molecule has 102 valence electrons. The monoisotopic (exact) mass is 244 g/mol. The van der Waals surface area contributed by atoms with Gasteiger partial charge >= 0.3 is 6.09 Å². The molecule has 1 aliphatic rings. The zero-order valence-electron chi connectivity index (χ0n) is 11.9. The van der Waals surface area contributed by atoms with Gasteiger partial charge < -0.3 is 15.4 Å². The lowest BCUT2D eigenvalue weighted by atomic mass is 9.96. The lowest BCUT2D eigenvalue weighted by Gasteiger charge is -2.20. The van der Waals surface area contributed by atoms with Gasteiger partial charge in [-0.3, -0.25) is 0 Å². The van der Waals surface area contributed by atoms with Crippen LogP contribution in [-0.2, 0) is 4.74 Å². The number of carbonyl (C=O) groups excluding carboxylic acids is 1. The summed E-state index contributed by atoms with van der Waals surface area (Å²) in [5.41, 5.74) is -0.389. The van der Waals surface area contributed by atoms with Gasteiger partial charge in [0.1, 0.15) is 5.60 Å². The quantitative estimate of drug-likeness (QED) is 0.745. The molecule has 1 aliphatic carbocycles. The van der Waals surface area contributed by atoms with Crippen molar-refractivity contribution in [2.24, 2.45) is 0 Å². The van der Waals surface area contributed by atoms with E-state index in [0.29, 0.717) is 0 Å². The van der Waals surface area contributed by atoms with Gasteiger partial charge in [0.15, 0.2) is 0 Å². The topological polar surface area (TPSA) is 50.4 Å². The first-order chi connectivity index (χ1) is 7.89. The molecule has 0 radical (unpaired) electrons. The fourth-order valence-corrected chi connectivity index (χ4v) is 1.72. The van der Waals surface area contributed by atoms with Crippen molar-refractivity contribution in [3.8, 4) is 0 Å². The summed E-state index contributed by atoms with van der Waals surface area (Å²) in [7, 11) is 3.60. The van der Waals surface area contributed by atoms with E-state index in [9.17, 15) is 4.79 Å². The molecule has 0 spiro atoms. The Morgan fingerprint density at radius 1 is 1.12 bits per heavy atom. The minimum Gasteiger partial charge on any atom is -0.444 e. The van der Waals surface area contributed by atoms with Gasteiger partial charge in [-0.25, -0.2) is 4.79 Å². The molecule has 1 saturated carbocycles. The molecule has 0 aromatic heterocycles. The summed E-state index contributed by atoms with van der Waals surface area (Å²) < 4.78 is 4.84. The van der Waals surface area contributed by atoms with Gasteiger partial charge in [-0.1, -0.05) is 19.3 Å². The van der Waals surface area contributed by atoms with E-state index in [1.165, 1.54) is 39.2 Å².